The molecule has 1 saturated carbocycles. The molecule has 0 amide bonds. The van der Waals surface area contributed by atoms with Crippen LogP contribution in [0.4, 0.5) is 0 Å². The van der Waals surface area contributed by atoms with Crippen LogP contribution in [0.2, 0.25) is 0 Å². The van der Waals surface area contributed by atoms with E-state index in [2.05, 4.69) is 49.6 Å². The lowest BCUT2D eigenvalue weighted by atomic mass is 9.69. The summed E-state index contributed by atoms with van der Waals surface area (Å²) in [7, 11) is 0. The van der Waals surface area contributed by atoms with Gasteiger partial charge in [-0.15, -0.1) is 0 Å². The minimum atomic E-state index is 0.322. The smallest absolute Gasteiger partial charge is 0.110 e. The van der Waals surface area contributed by atoms with Gasteiger partial charge in [0.25, 0.3) is 0 Å². The highest BCUT2D eigenvalue weighted by Gasteiger charge is 2.33. The molecule has 1 fully saturated rings. The maximum Gasteiger partial charge on any atom is 0.110 e. The van der Waals surface area contributed by atoms with E-state index in [1.807, 2.05) is 0 Å². The van der Waals surface area contributed by atoms with Crippen LogP contribution in [0, 0.1) is 11.3 Å². The summed E-state index contributed by atoms with van der Waals surface area (Å²) in [6, 6.07) is 8.75. The number of fused-ring (bicyclic) bond motifs is 1. The monoisotopic (exact) mass is 285 g/mol. The number of rotatable bonds is 3. The van der Waals surface area contributed by atoms with Crippen molar-refractivity contribution in [2.75, 3.05) is 0 Å². The Bertz CT molecular complexity index is 626. The maximum absolute atomic E-state index is 6.40. The van der Waals surface area contributed by atoms with Gasteiger partial charge in [0, 0.05) is 19.0 Å². The molecule has 2 N–H and O–H groups in total. The van der Waals surface area contributed by atoms with E-state index in [4.69, 9.17) is 10.7 Å². The molecule has 0 spiro atoms. The predicted molar refractivity (Wildman–Crippen MR) is 88.2 cm³/mol. The summed E-state index contributed by atoms with van der Waals surface area (Å²) in [4.78, 5) is 4.87. The van der Waals surface area contributed by atoms with Crippen molar-refractivity contribution in [3.63, 3.8) is 0 Å². The number of hydrogen-bond donors (Lipinski definition) is 1. The highest BCUT2D eigenvalue weighted by molar-refractivity contribution is 5.75. The topological polar surface area (TPSA) is 43.8 Å². The van der Waals surface area contributed by atoms with Crippen LogP contribution in [0.5, 0.6) is 0 Å². The first-order valence-corrected chi connectivity index (χ1v) is 8.20. The quantitative estimate of drug-likeness (QED) is 0.933. The van der Waals surface area contributed by atoms with Crippen LogP contribution in [0.3, 0.4) is 0 Å². The van der Waals surface area contributed by atoms with E-state index in [9.17, 15) is 0 Å². The summed E-state index contributed by atoms with van der Waals surface area (Å²) < 4.78 is 2.35. The molecule has 0 aliphatic heterocycles. The predicted octanol–water partition coefficient (Wildman–Crippen LogP) is 3.75. The number of para-hydroxylation sites is 2. The van der Waals surface area contributed by atoms with Gasteiger partial charge in [0.05, 0.1) is 11.0 Å². The first-order chi connectivity index (χ1) is 10.00. The second-order valence-corrected chi connectivity index (χ2v) is 7.30. The molecular weight excluding hydrogens is 258 g/mol. The number of nitrogens with zero attached hydrogens (tertiary/aromatic N) is 2. The molecule has 1 heterocycles. The van der Waals surface area contributed by atoms with Gasteiger partial charge in [-0.05, 0) is 49.7 Å². The SMILES string of the molecule is CCn1c(CC2CC(C)(C)CCC2N)nc2ccccc21. The minimum Gasteiger partial charge on any atom is -0.328 e. The number of nitrogens with two attached hydrogens (primary N) is 1. The van der Waals surface area contributed by atoms with Crippen LogP contribution in [0.15, 0.2) is 24.3 Å². The fourth-order valence-electron chi connectivity index (χ4n) is 3.85. The van der Waals surface area contributed by atoms with Gasteiger partial charge in [-0.3, -0.25) is 0 Å². The van der Waals surface area contributed by atoms with E-state index in [1.54, 1.807) is 0 Å². The van der Waals surface area contributed by atoms with Crippen molar-refractivity contribution < 1.29 is 0 Å². The van der Waals surface area contributed by atoms with Gasteiger partial charge >= 0.3 is 0 Å². The maximum atomic E-state index is 6.40. The fraction of sp³-hybridized carbons (Fsp3) is 0.611. The summed E-state index contributed by atoms with van der Waals surface area (Å²) in [6.45, 7) is 7.91. The lowest BCUT2D eigenvalue weighted by Crippen LogP contribution is -2.40. The highest BCUT2D eigenvalue weighted by Crippen LogP contribution is 2.39. The first-order valence-electron chi connectivity index (χ1n) is 8.20. The molecule has 3 rings (SSSR count). The van der Waals surface area contributed by atoms with E-state index >= 15 is 0 Å². The zero-order valence-electron chi connectivity index (χ0n) is 13.5. The van der Waals surface area contributed by atoms with Crippen LogP contribution < -0.4 is 5.73 Å². The van der Waals surface area contributed by atoms with Crippen molar-refractivity contribution in [1.82, 2.24) is 9.55 Å². The van der Waals surface area contributed by atoms with Crippen molar-refractivity contribution in [3.8, 4) is 0 Å². The molecule has 2 unspecified atom stereocenters. The standard InChI is InChI=1S/C18H27N3/c1-4-21-16-8-6-5-7-15(16)20-17(21)11-13-12-18(2,3)10-9-14(13)19/h5-8,13-14H,4,9-12,19H2,1-3H3. The Morgan fingerprint density at radius 1 is 1.33 bits per heavy atom. The molecule has 3 heteroatoms. The van der Waals surface area contributed by atoms with Gasteiger partial charge < -0.3 is 10.3 Å². The molecule has 2 atom stereocenters. The summed E-state index contributed by atoms with van der Waals surface area (Å²) in [6.07, 6.45) is 4.60. The van der Waals surface area contributed by atoms with Crippen molar-refractivity contribution in [2.24, 2.45) is 17.1 Å². The molecule has 1 aliphatic carbocycles. The average Bonchev–Trinajstić information content (AvgIpc) is 2.80. The molecule has 3 nitrogen and oxygen atoms in total. The molecule has 1 aromatic carbocycles. The largest absolute Gasteiger partial charge is 0.328 e. The van der Waals surface area contributed by atoms with Crippen LogP contribution in [-0.2, 0) is 13.0 Å². The number of aryl methyl sites for hydroxylation is 1. The minimum absolute atomic E-state index is 0.322. The molecule has 1 aliphatic rings. The van der Waals surface area contributed by atoms with Crippen molar-refractivity contribution >= 4 is 11.0 Å². The number of benzene rings is 1. The number of hydrogen-bond acceptors (Lipinski definition) is 2. The second kappa shape index (κ2) is 5.45. The summed E-state index contributed by atoms with van der Waals surface area (Å²) in [5.74, 6) is 1.76. The van der Waals surface area contributed by atoms with E-state index in [-0.39, 0.29) is 0 Å². The normalized spacial score (nSPS) is 25.3. The third-order valence-electron chi connectivity index (χ3n) is 5.07. The highest BCUT2D eigenvalue weighted by atomic mass is 15.1. The summed E-state index contributed by atoms with van der Waals surface area (Å²) >= 11 is 0. The molecule has 21 heavy (non-hydrogen) atoms. The zero-order chi connectivity index (χ0) is 15.0. The van der Waals surface area contributed by atoms with Gasteiger partial charge in [-0.2, -0.15) is 0 Å². The van der Waals surface area contributed by atoms with Crippen LogP contribution in [-0.4, -0.2) is 15.6 Å². The molecule has 114 valence electrons. The van der Waals surface area contributed by atoms with Crippen LogP contribution in [0.1, 0.15) is 45.9 Å². The molecule has 0 bridgehead atoms. The van der Waals surface area contributed by atoms with Crippen molar-refractivity contribution in [1.29, 1.82) is 0 Å². The third kappa shape index (κ3) is 2.84. The Hall–Kier alpha value is -1.35. The van der Waals surface area contributed by atoms with Gasteiger partial charge in [-0.1, -0.05) is 26.0 Å². The van der Waals surface area contributed by atoms with Crippen LogP contribution in [0.25, 0.3) is 11.0 Å². The Kier molecular flexibility index (Phi) is 3.78. The Labute approximate surface area is 127 Å². The number of aromatic nitrogens is 2. The van der Waals surface area contributed by atoms with Gasteiger partial charge in [0.15, 0.2) is 0 Å². The fourth-order valence-corrected chi connectivity index (χ4v) is 3.85. The molecule has 1 aromatic heterocycles. The first kappa shape index (κ1) is 14.6. The van der Waals surface area contributed by atoms with Gasteiger partial charge in [0.2, 0.25) is 0 Å². The van der Waals surface area contributed by atoms with E-state index in [1.165, 1.54) is 24.2 Å². The molecule has 0 radical (unpaired) electrons. The summed E-state index contributed by atoms with van der Waals surface area (Å²) in [5.41, 5.74) is 9.17. The Balaban J connectivity index is 1.90. The Morgan fingerprint density at radius 2 is 2.10 bits per heavy atom. The lowest BCUT2D eigenvalue weighted by molar-refractivity contribution is 0.155. The zero-order valence-corrected chi connectivity index (χ0v) is 13.5. The van der Waals surface area contributed by atoms with Gasteiger partial charge in [-0.25, -0.2) is 4.98 Å². The van der Waals surface area contributed by atoms with Crippen molar-refractivity contribution in [3.05, 3.63) is 30.1 Å². The molecular formula is C18H27N3. The van der Waals surface area contributed by atoms with Gasteiger partial charge in [0.1, 0.15) is 5.82 Å². The van der Waals surface area contributed by atoms with Crippen LogP contribution >= 0.6 is 0 Å². The summed E-state index contributed by atoms with van der Waals surface area (Å²) in [5, 5.41) is 0. The average molecular weight is 285 g/mol. The Morgan fingerprint density at radius 3 is 2.86 bits per heavy atom. The number of imidazole rings is 1. The lowest BCUT2D eigenvalue weighted by Gasteiger charge is -2.39. The van der Waals surface area contributed by atoms with E-state index in [0.717, 1.165) is 24.9 Å². The molecule has 0 saturated heterocycles. The second-order valence-electron chi connectivity index (χ2n) is 7.30. The van der Waals surface area contributed by atoms with E-state index < -0.39 is 0 Å². The third-order valence-corrected chi connectivity index (χ3v) is 5.07. The van der Waals surface area contributed by atoms with Crippen molar-refractivity contribution in [2.45, 2.75) is 59.0 Å². The molecule has 2 aromatic rings. The van der Waals surface area contributed by atoms with E-state index in [0.29, 0.717) is 17.4 Å².